The maximum absolute atomic E-state index is 12.6. The minimum absolute atomic E-state index is 0.0714. The molecule has 4 heteroatoms. The van der Waals surface area contributed by atoms with Crippen molar-refractivity contribution in [3.63, 3.8) is 0 Å². The van der Waals surface area contributed by atoms with E-state index in [0.29, 0.717) is 22.4 Å². The number of para-hydroxylation sites is 1. The molecule has 144 valence electrons. The van der Waals surface area contributed by atoms with Crippen LogP contribution in [0.1, 0.15) is 26.3 Å². The van der Waals surface area contributed by atoms with Gasteiger partial charge in [0.1, 0.15) is 11.2 Å². The summed E-state index contributed by atoms with van der Waals surface area (Å²) in [5, 5.41) is 4.94. The van der Waals surface area contributed by atoms with E-state index in [4.69, 9.17) is 4.42 Å². The van der Waals surface area contributed by atoms with Gasteiger partial charge in [-0.3, -0.25) is 9.59 Å². The molecule has 0 bridgehead atoms. The number of hydrogen-bond acceptors (Lipinski definition) is 3. The third-order valence-corrected chi connectivity index (χ3v) is 5.08. The number of carbonyl (C=O) groups is 2. The van der Waals surface area contributed by atoms with Crippen molar-refractivity contribution in [2.45, 2.75) is 0 Å². The maximum atomic E-state index is 12.6. The molecule has 1 N–H and O–H groups in total. The third kappa shape index (κ3) is 3.25. The summed E-state index contributed by atoms with van der Waals surface area (Å²) in [6, 6.07) is 29.2. The zero-order valence-electron chi connectivity index (χ0n) is 16.0. The number of benzene rings is 4. The molecule has 4 aromatic carbocycles. The van der Waals surface area contributed by atoms with Crippen molar-refractivity contribution >= 4 is 39.3 Å². The van der Waals surface area contributed by atoms with Gasteiger partial charge in [-0.1, -0.05) is 60.7 Å². The quantitative estimate of drug-likeness (QED) is 0.378. The molecule has 30 heavy (non-hydrogen) atoms. The first-order valence-electron chi connectivity index (χ1n) is 9.61. The molecule has 0 radical (unpaired) electrons. The number of hydrogen-bond donors (Lipinski definition) is 1. The maximum Gasteiger partial charge on any atom is 0.255 e. The standard InChI is InChI=1S/C26H17NO3/c28-25(17-6-2-1-3-7-17)18-10-12-19(13-11-18)26(29)27-20-14-15-22-21-8-4-5-9-23(21)30-24(22)16-20/h1-16H,(H,27,29). The molecule has 1 aromatic heterocycles. The predicted molar refractivity (Wildman–Crippen MR) is 118 cm³/mol. The molecule has 0 aliphatic rings. The second-order valence-corrected chi connectivity index (χ2v) is 7.04. The van der Waals surface area contributed by atoms with Crippen LogP contribution in [0, 0.1) is 0 Å². The van der Waals surface area contributed by atoms with Crippen molar-refractivity contribution in [2.24, 2.45) is 0 Å². The van der Waals surface area contributed by atoms with Crippen molar-refractivity contribution in [3.05, 3.63) is 114 Å². The van der Waals surface area contributed by atoms with Crippen molar-refractivity contribution in [1.29, 1.82) is 0 Å². The summed E-state index contributed by atoms with van der Waals surface area (Å²) in [4.78, 5) is 25.2. The number of furan rings is 1. The van der Waals surface area contributed by atoms with Gasteiger partial charge >= 0.3 is 0 Å². The van der Waals surface area contributed by atoms with Gasteiger partial charge in [0.2, 0.25) is 0 Å². The van der Waals surface area contributed by atoms with E-state index in [0.717, 1.165) is 21.9 Å². The topological polar surface area (TPSA) is 59.3 Å². The fourth-order valence-electron chi connectivity index (χ4n) is 3.54. The Morgan fingerprint density at radius 3 is 2.03 bits per heavy atom. The van der Waals surface area contributed by atoms with E-state index >= 15 is 0 Å². The molecule has 1 heterocycles. The average molecular weight is 391 g/mol. The Morgan fingerprint density at radius 2 is 1.23 bits per heavy atom. The number of fused-ring (bicyclic) bond motifs is 3. The number of ketones is 1. The third-order valence-electron chi connectivity index (χ3n) is 5.08. The highest BCUT2D eigenvalue weighted by Gasteiger charge is 2.12. The second kappa shape index (κ2) is 7.33. The van der Waals surface area contributed by atoms with Crippen molar-refractivity contribution < 1.29 is 14.0 Å². The van der Waals surface area contributed by atoms with E-state index in [1.54, 1.807) is 36.4 Å². The van der Waals surface area contributed by atoms with Crippen LogP contribution in [0.2, 0.25) is 0 Å². The second-order valence-electron chi connectivity index (χ2n) is 7.04. The van der Waals surface area contributed by atoms with Crippen molar-refractivity contribution in [3.8, 4) is 0 Å². The molecule has 0 spiro atoms. The highest BCUT2D eigenvalue weighted by Crippen LogP contribution is 2.30. The summed E-state index contributed by atoms with van der Waals surface area (Å²) in [6.45, 7) is 0. The zero-order valence-corrected chi connectivity index (χ0v) is 16.0. The van der Waals surface area contributed by atoms with Gasteiger partial charge in [-0.15, -0.1) is 0 Å². The Balaban J connectivity index is 1.36. The number of carbonyl (C=O) groups excluding carboxylic acids is 2. The average Bonchev–Trinajstić information content (AvgIpc) is 3.17. The predicted octanol–water partition coefficient (Wildman–Crippen LogP) is 6.07. The van der Waals surface area contributed by atoms with Crippen LogP contribution in [0.4, 0.5) is 5.69 Å². The Kier molecular flexibility index (Phi) is 4.37. The molecule has 1 amide bonds. The molecule has 0 aliphatic heterocycles. The summed E-state index contributed by atoms with van der Waals surface area (Å²) in [5.41, 5.74) is 3.82. The van der Waals surface area contributed by atoms with E-state index in [1.807, 2.05) is 60.7 Å². The van der Waals surface area contributed by atoms with Gasteiger partial charge in [0.15, 0.2) is 5.78 Å². The fraction of sp³-hybridized carbons (Fsp3) is 0. The molecular formula is C26H17NO3. The number of amides is 1. The molecule has 5 aromatic rings. The molecule has 5 rings (SSSR count). The van der Waals surface area contributed by atoms with Crippen LogP contribution in [-0.2, 0) is 0 Å². The van der Waals surface area contributed by atoms with Crippen LogP contribution in [0.5, 0.6) is 0 Å². The van der Waals surface area contributed by atoms with Gasteiger partial charge in [0.25, 0.3) is 5.91 Å². The van der Waals surface area contributed by atoms with Crippen LogP contribution in [0.3, 0.4) is 0 Å². The summed E-state index contributed by atoms with van der Waals surface area (Å²) in [5.74, 6) is -0.318. The molecule has 4 nitrogen and oxygen atoms in total. The first-order valence-corrected chi connectivity index (χ1v) is 9.61. The Labute approximate surface area is 172 Å². The van der Waals surface area contributed by atoms with Crippen LogP contribution in [0.25, 0.3) is 21.9 Å². The van der Waals surface area contributed by atoms with Crippen molar-refractivity contribution in [2.75, 3.05) is 5.32 Å². The van der Waals surface area contributed by atoms with Crippen LogP contribution in [-0.4, -0.2) is 11.7 Å². The van der Waals surface area contributed by atoms with Crippen LogP contribution in [0.15, 0.2) is 101 Å². The lowest BCUT2D eigenvalue weighted by Crippen LogP contribution is -2.12. The lowest BCUT2D eigenvalue weighted by atomic mass is 10.0. The summed E-state index contributed by atoms with van der Waals surface area (Å²) in [7, 11) is 0. The van der Waals surface area contributed by atoms with E-state index in [2.05, 4.69) is 5.32 Å². The van der Waals surface area contributed by atoms with E-state index in [9.17, 15) is 9.59 Å². The molecule has 0 saturated heterocycles. The Bertz CT molecular complexity index is 1380. The first-order chi connectivity index (χ1) is 14.7. The van der Waals surface area contributed by atoms with Gasteiger partial charge in [-0.2, -0.15) is 0 Å². The minimum atomic E-state index is -0.246. The van der Waals surface area contributed by atoms with Gasteiger partial charge in [0, 0.05) is 39.2 Å². The molecular weight excluding hydrogens is 374 g/mol. The van der Waals surface area contributed by atoms with Gasteiger partial charge < -0.3 is 9.73 Å². The summed E-state index contributed by atoms with van der Waals surface area (Å²) in [6.07, 6.45) is 0. The minimum Gasteiger partial charge on any atom is -0.456 e. The zero-order chi connectivity index (χ0) is 20.5. The smallest absolute Gasteiger partial charge is 0.255 e. The largest absolute Gasteiger partial charge is 0.456 e. The van der Waals surface area contributed by atoms with Gasteiger partial charge in [-0.25, -0.2) is 0 Å². The van der Waals surface area contributed by atoms with E-state index in [-0.39, 0.29) is 11.7 Å². The monoisotopic (exact) mass is 391 g/mol. The first kappa shape index (κ1) is 17.9. The summed E-state index contributed by atoms with van der Waals surface area (Å²) < 4.78 is 5.88. The lowest BCUT2D eigenvalue weighted by Gasteiger charge is -2.06. The normalized spacial score (nSPS) is 10.9. The van der Waals surface area contributed by atoms with Crippen LogP contribution >= 0.6 is 0 Å². The highest BCUT2D eigenvalue weighted by atomic mass is 16.3. The molecule has 0 fully saturated rings. The number of rotatable bonds is 4. The van der Waals surface area contributed by atoms with Gasteiger partial charge in [0.05, 0.1) is 0 Å². The number of nitrogens with one attached hydrogen (secondary N) is 1. The SMILES string of the molecule is O=C(Nc1ccc2c(c1)oc1ccccc12)c1ccc(C(=O)c2ccccc2)cc1. The molecule has 0 unspecified atom stereocenters. The summed E-state index contributed by atoms with van der Waals surface area (Å²) >= 11 is 0. The fourth-order valence-corrected chi connectivity index (χ4v) is 3.54. The Hall–Kier alpha value is -4.18. The van der Waals surface area contributed by atoms with Crippen molar-refractivity contribution in [1.82, 2.24) is 0 Å². The number of anilines is 1. The highest BCUT2D eigenvalue weighted by molar-refractivity contribution is 6.11. The van der Waals surface area contributed by atoms with E-state index < -0.39 is 0 Å². The van der Waals surface area contributed by atoms with E-state index in [1.165, 1.54) is 0 Å². The molecule has 0 atom stereocenters. The van der Waals surface area contributed by atoms with Crippen LogP contribution < -0.4 is 5.32 Å². The Morgan fingerprint density at radius 1 is 0.600 bits per heavy atom. The van der Waals surface area contributed by atoms with Gasteiger partial charge in [-0.05, 0) is 30.3 Å². The lowest BCUT2D eigenvalue weighted by molar-refractivity contribution is 0.102. The molecule has 0 saturated carbocycles. The molecule has 0 aliphatic carbocycles.